The number of benzene rings is 1. The van der Waals surface area contributed by atoms with Gasteiger partial charge in [-0.2, -0.15) is 13.2 Å². The first-order valence-corrected chi connectivity index (χ1v) is 8.47. The standard InChI is InChI=1S/C18H17ClF3N3O2/c1-3-25(4-2)17(27)12-7-11(9-23-10-12)16(26)24-15-8-13(18(20,21)22)5-6-14(15)19/h5-10H,3-4H2,1-2H3,(H,24,26). The van der Waals surface area contributed by atoms with Crippen LogP contribution in [0.1, 0.15) is 40.1 Å². The smallest absolute Gasteiger partial charge is 0.339 e. The summed E-state index contributed by atoms with van der Waals surface area (Å²) in [5.74, 6) is -1.02. The molecule has 144 valence electrons. The molecule has 2 rings (SSSR count). The maximum Gasteiger partial charge on any atom is 0.416 e. The molecular formula is C18H17ClF3N3O2. The van der Waals surface area contributed by atoms with Crippen LogP contribution in [0, 0.1) is 0 Å². The maximum absolute atomic E-state index is 12.8. The van der Waals surface area contributed by atoms with Crippen LogP contribution in [0.15, 0.2) is 36.7 Å². The lowest BCUT2D eigenvalue weighted by Gasteiger charge is -2.18. The highest BCUT2D eigenvalue weighted by Crippen LogP contribution is 2.34. The summed E-state index contributed by atoms with van der Waals surface area (Å²) in [4.78, 5) is 30.2. The van der Waals surface area contributed by atoms with Crippen molar-refractivity contribution in [2.45, 2.75) is 20.0 Å². The third-order valence-corrected chi connectivity index (χ3v) is 4.17. The molecule has 0 saturated carbocycles. The number of pyridine rings is 1. The third-order valence-electron chi connectivity index (χ3n) is 3.84. The lowest BCUT2D eigenvalue weighted by Crippen LogP contribution is -2.30. The van der Waals surface area contributed by atoms with Crippen molar-refractivity contribution in [2.75, 3.05) is 18.4 Å². The van der Waals surface area contributed by atoms with Crippen molar-refractivity contribution in [2.24, 2.45) is 0 Å². The minimum absolute atomic E-state index is 0.0292. The maximum atomic E-state index is 12.8. The van der Waals surface area contributed by atoms with E-state index >= 15 is 0 Å². The van der Waals surface area contributed by atoms with Crippen LogP contribution in [-0.4, -0.2) is 34.8 Å². The van der Waals surface area contributed by atoms with Gasteiger partial charge in [0, 0.05) is 25.5 Å². The van der Waals surface area contributed by atoms with Crippen molar-refractivity contribution in [1.82, 2.24) is 9.88 Å². The number of alkyl halides is 3. The van der Waals surface area contributed by atoms with Crippen LogP contribution in [0.4, 0.5) is 18.9 Å². The molecule has 5 nitrogen and oxygen atoms in total. The third kappa shape index (κ3) is 4.97. The minimum atomic E-state index is -4.57. The second kappa shape index (κ2) is 8.39. The first kappa shape index (κ1) is 20.7. The summed E-state index contributed by atoms with van der Waals surface area (Å²) in [5.41, 5.74) is -0.884. The number of hydrogen-bond donors (Lipinski definition) is 1. The Bertz CT molecular complexity index is 852. The molecule has 1 aromatic carbocycles. The van der Waals surface area contributed by atoms with E-state index in [1.54, 1.807) is 4.90 Å². The molecule has 2 amide bonds. The van der Waals surface area contributed by atoms with Crippen molar-refractivity contribution in [3.8, 4) is 0 Å². The van der Waals surface area contributed by atoms with Gasteiger partial charge in [0.05, 0.1) is 27.4 Å². The quantitative estimate of drug-likeness (QED) is 0.805. The van der Waals surface area contributed by atoms with Crippen molar-refractivity contribution >= 4 is 29.1 Å². The van der Waals surface area contributed by atoms with Crippen LogP contribution in [0.5, 0.6) is 0 Å². The van der Waals surface area contributed by atoms with Crippen LogP contribution in [-0.2, 0) is 6.18 Å². The molecule has 0 aliphatic carbocycles. The largest absolute Gasteiger partial charge is 0.416 e. The molecule has 0 aliphatic heterocycles. The van der Waals surface area contributed by atoms with E-state index in [9.17, 15) is 22.8 Å². The molecule has 27 heavy (non-hydrogen) atoms. The molecule has 0 fully saturated rings. The van der Waals surface area contributed by atoms with Crippen LogP contribution in [0.3, 0.4) is 0 Å². The van der Waals surface area contributed by atoms with Gasteiger partial charge in [0.25, 0.3) is 11.8 Å². The summed E-state index contributed by atoms with van der Waals surface area (Å²) < 4.78 is 38.5. The summed E-state index contributed by atoms with van der Waals surface area (Å²) in [6, 6.07) is 3.96. The van der Waals surface area contributed by atoms with Gasteiger partial charge in [0.15, 0.2) is 0 Å². The summed E-state index contributed by atoms with van der Waals surface area (Å²) in [7, 11) is 0. The van der Waals surface area contributed by atoms with Crippen LogP contribution < -0.4 is 5.32 Å². The number of hydrogen-bond acceptors (Lipinski definition) is 3. The van der Waals surface area contributed by atoms with Crippen LogP contribution in [0.2, 0.25) is 5.02 Å². The van der Waals surface area contributed by atoms with Crippen molar-refractivity contribution in [1.29, 1.82) is 0 Å². The van der Waals surface area contributed by atoms with E-state index in [-0.39, 0.29) is 27.7 Å². The molecule has 0 aliphatic rings. The fourth-order valence-electron chi connectivity index (χ4n) is 2.37. The summed E-state index contributed by atoms with van der Waals surface area (Å²) in [5, 5.41) is 2.28. The predicted molar refractivity (Wildman–Crippen MR) is 95.9 cm³/mol. The molecule has 0 spiro atoms. The van der Waals surface area contributed by atoms with E-state index in [4.69, 9.17) is 11.6 Å². The Labute approximate surface area is 159 Å². The van der Waals surface area contributed by atoms with Crippen LogP contribution >= 0.6 is 11.6 Å². The number of halogens is 4. The van der Waals surface area contributed by atoms with E-state index in [0.29, 0.717) is 13.1 Å². The van der Waals surface area contributed by atoms with E-state index in [0.717, 1.165) is 18.2 Å². The Kier molecular flexibility index (Phi) is 6.43. The second-order valence-electron chi connectivity index (χ2n) is 5.59. The Morgan fingerprint density at radius 3 is 2.33 bits per heavy atom. The number of rotatable bonds is 5. The highest BCUT2D eigenvalue weighted by atomic mass is 35.5. The van der Waals surface area contributed by atoms with E-state index in [1.807, 2.05) is 13.8 Å². The van der Waals surface area contributed by atoms with Gasteiger partial charge in [0.2, 0.25) is 0 Å². The second-order valence-corrected chi connectivity index (χ2v) is 5.99. The zero-order chi connectivity index (χ0) is 20.2. The van der Waals surface area contributed by atoms with Gasteiger partial charge in [-0.15, -0.1) is 0 Å². The molecule has 1 N–H and O–H groups in total. The van der Waals surface area contributed by atoms with Gasteiger partial charge in [0.1, 0.15) is 0 Å². The number of carbonyl (C=O) groups is 2. The average Bonchev–Trinajstić information content (AvgIpc) is 2.63. The van der Waals surface area contributed by atoms with E-state index < -0.39 is 17.6 Å². The summed E-state index contributed by atoms with van der Waals surface area (Å²) in [6.07, 6.45) is -2.02. The normalized spacial score (nSPS) is 11.2. The van der Waals surface area contributed by atoms with Gasteiger partial charge in [-0.25, -0.2) is 0 Å². The molecular weight excluding hydrogens is 383 g/mol. The monoisotopic (exact) mass is 399 g/mol. The molecule has 0 radical (unpaired) electrons. The Morgan fingerprint density at radius 1 is 1.11 bits per heavy atom. The number of amides is 2. The van der Waals surface area contributed by atoms with Crippen molar-refractivity contribution < 1.29 is 22.8 Å². The number of anilines is 1. The molecule has 0 unspecified atom stereocenters. The zero-order valence-corrected chi connectivity index (χ0v) is 15.4. The molecule has 2 aromatic rings. The molecule has 0 atom stereocenters. The average molecular weight is 400 g/mol. The van der Waals surface area contributed by atoms with Crippen molar-refractivity contribution in [3.63, 3.8) is 0 Å². The van der Waals surface area contributed by atoms with Gasteiger partial charge in [-0.1, -0.05) is 11.6 Å². The van der Waals surface area contributed by atoms with E-state index in [1.165, 1.54) is 18.5 Å². The zero-order valence-electron chi connectivity index (χ0n) is 14.6. The molecule has 0 saturated heterocycles. The summed E-state index contributed by atoms with van der Waals surface area (Å²) >= 11 is 5.88. The minimum Gasteiger partial charge on any atom is -0.339 e. The number of nitrogens with one attached hydrogen (secondary N) is 1. The lowest BCUT2D eigenvalue weighted by atomic mass is 10.1. The van der Waals surface area contributed by atoms with E-state index in [2.05, 4.69) is 10.3 Å². The highest BCUT2D eigenvalue weighted by Gasteiger charge is 2.31. The SMILES string of the molecule is CCN(CC)C(=O)c1cncc(C(=O)Nc2cc(C(F)(F)F)ccc2Cl)c1. The Hall–Kier alpha value is -2.61. The molecule has 0 bridgehead atoms. The Balaban J connectivity index is 2.27. The van der Waals surface area contributed by atoms with Gasteiger partial charge in [-0.05, 0) is 38.1 Å². The van der Waals surface area contributed by atoms with Crippen molar-refractivity contribution in [3.05, 3.63) is 58.4 Å². The van der Waals surface area contributed by atoms with Crippen LogP contribution in [0.25, 0.3) is 0 Å². The van der Waals surface area contributed by atoms with Gasteiger partial charge < -0.3 is 10.2 Å². The highest BCUT2D eigenvalue weighted by molar-refractivity contribution is 6.34. The van der Waals surface area contributed by atoms with Gasteiger partial charge in [-0.3, -0.25) is 14.6 Å². The number of aromatic nitrogens is 1. The topological polar surface area (TPSA) is 62.3 Å². The first-order valence-electron chi connectivity index (χ1n) is 8.09. The molecule has 1 heterocycles. The molecule has 9 heteroatoms. The summed E-state index contributed by atoms with van der Waals surface area (Å²) in [6.45, 7) is 4.62. The lowest BCUT2D eigenvalue weighted by molar-refractivity contribution is -0.137. The predicted octanol–water partition coefficient (Wildman–Crippen LogP) is 4.49. The number of nitrogens with zero attached hydrogens (tertiary/aromatic N) is 2. The number of carbonyl (C=O) groups excluding carboxylic acids is 2. The fraction of sp³-hybridized carbons (Fsp3) is 0.278. The first-order chi connectivity index (χ1) is 12.7. The fourth-order valence-corrected chi connectivity index (χ4v) is 2.53. The Morgan fingerprint density at radius 2 is 1.74 bits per heavy atom. The molecule has 1 aromatic heterocycles. The van der Waals surface area contributed by atoms with Gasteiger partial charge >= 0.3 is 6.18 Å².